The van der Waals surface area contributed by atoms with Crippen molar-refractivity contribution in [3.05, 3.63) is 30.1 Å². The molecule has 2 aromatic rings. The minimum Gasteiger partial charge on any atom is -0.477 e. The van der Waals surface area contributed by atoms with Crippen molar-refractivity contribution >= 4 is 23.5 Å². The van der Waals surface area contributed by atoms with Gasteiger partial charge in [-0.2, -0.15) is 5.10 Å². The summed E-state index contributed by atoms with van der Waals surface area (Å²) in [5.74, 6) is -2.58. The molecule has 0 spiro atoms. The Kier molecular flexibility index (Phi) is 3.46. The summed E-state index contributed by atoms with van der Waals surface area (Å²) in [7, 11) is 0. The van der Waals surface area contributed by atoms with E-state index in [-0.39, 0.29) is 23.6 Å². The van der Waals surface area contributed by atoms with E-state index in [2.05, 4.69) is 20.4 Å². The van der Waals surface area contributed by atoms with Gasteiger partial charge in [0.1, 0.15) is 6.54 Å². The number of carbonyl (C=O) groups is 3. The summed E-state index contributed by atoms with van der Waals surface area (Å²) in [6.07, 6.45) is 3.79. The Balaban J connectivity index is 2.11. The molecule has 10 nitrogen and oxygen atoms in total. The topological polar surface area (TPSA) is 156 Å². The van der Waals surface area contributed by atoms with Gasteiger partial charge in [-0.05, 0) is 0 Å². The van der Waals surface area contributed by atoms with E-state index in [0.29, 0.717) is 0 Å². The lowest BCUT2D eigenvalue weighted by molar-refractivity contribution is -0.118. The van der Waals surface area contributed by atoms with E-state index >= 15 is 0 Å². The van der Waals surface area contributed by atoms with Crippen LogP contribution in [0.1, 0.15) is 21.0 Å². The maximum absolute atomic E-state index is 11.8. The summed E-state index contributed by atoms with van der Waals surface area (Å²) in [4.78, 5) is 39.4. The largest absolute Gasteiger partial charge is 0.477 e. The Hall–Kier alpha value is -3.17. The summed E-state index contributed by atoms with van der Waals surface area (Å²) in [6.45, 7) is -0.126. The molecule has 0 aliphatic carbocycles. The van der Waals surface area contributed by atoms with Crippen LogP contribution in [0.2, 0.25) is 0 Å². The number of imidazole rings is 1. The maximum atomic E-state index is 11.8. The standard InChI is InChI=1S/C10H10N6O4/c11-6(17)3-16-2-5(1-14-16)15-9(18)7-8(10(19)20)13-4-12-7/h1-2,4H,3H2,(H2,11,17)(H,12,13)(H,15,18)(H,19,20). The molecule has 0 fully saturated rings. The van der Waals surface area contributed by atoms with Crippen molar-refractivity contribution in [3.8, 4) is 0 Å². The highest BCUT2D eigenvalue weighted by Crippen LogP contribution is 2.09. The van der Waals surface area contributed by atoms with E-state index < -0.39 is 17.8 Å². The van der Waals surface area contributed by atoms with Gasteiger partial charge in [0.2, 0.25) is 5.91 Å². The molecule has 2 amide bonds. The number of H-pyrrole nitrogens is 1. The Morgan fingerprint density at radius 2 is 2.20 bits per heavy atom. The fourth-order valence-electron chi connectivity index (χ4n) is 1.49. The number of aromatic nitrogens is 4. The SMILES string of the molecule is NC(=O)Cn1cc(NC(=O)c2nc[nH]c2C(=O)O)cn1. The van der Waals surface area contributed by atoms with Gasteiger partial charge >= 0.3 is 5.97 Å². The summed E-state index contributed by atoms with van der Waals surface area (Å²) in [5, 5.41) is 15.1. The first kappa shape index (κ1) is 13.3. The summed E-state index contributed by atoms with van der Waals surface area (Å²) >= 11 is 0. The van der Waals surface area contributed by atoms with Crippen molar-refractivity contribution in [2.24, 2.45) is 5.73 Å². The molecule has 2 rings (SSSR count). The molecule has 0 saturated carbocycles. The van der Waals surface area contributed by atoms with Crippen molar-refractivity contribution < 1.29 is 19.5 Å². The van der Waals surface area contributed by atoms with Gasteiger partial charge < -0.3 is 21.1 Å². The first-order chi connectivity index (χ1) is 9.47. The fraction of sp³-hybridized carbons (Fsp3) is 0.100. The Bertz CT molecular complexity index is 673. The van der Waals surface area contributed by atoms with E-state index in [1.807, 2.05) is 0 Å². The number of rotatable bonds is 5. The molecule has 2 aromatic heterocycles. The molecule has 2 heterocycles. The number of anilines is 1. The van der Waals surface area contributed by atoms with Crippen LogP contribution in [0.15, 0.2) is 18.7 Å². The van der Waals surface area contributed by atoms with Crippen LogP contribution >= 0.6 is 0 Å². The third-order valence-electron chi connectivity index (χ3n) is 2.28. The molecule has 0 radical (unpaired) electrons. The van der Waals surface area contributed by atoms with Crippen LogP contribution < -0.4 is 11.1 Å². The fourth-order valence-corrected chi connectivity index (χ4v) is 1.49. The lowest BCUT2D eigenvalue weighted by Gasteiger charge is -2.00. The number of carboxylic acid groups (broad SMARTS) is 1. The molecule has 0 bridgehead atoms. The minimum atomic E-state index is -1.29. The molecular formula is C10H10N6O4. The normalized spacial score (nSPS) is 10.2. The van der Waals surface area contributed by atoms with Crippen LogP contribution in [0.3, 0.4) is 0 Å². The van der Waals surface area contributed by atoms with Gasteiger partial charge in [0.25, 0.3) is 5.91 Å². The Morgan fingerprint density at radius 1 is 1.45 bits per heavy atom. The summed E-state index contributed by atoms with van der Waals surface area (Å²) < 4.78 is 1.24. The molecular weight excluding hydrogens is 268 g/mol. The van der Waals surface area contributed by atoms with Crippen LogP contribution in [-0.4, -0.2) is 42.6 Å². The zero-order chi connectivity index (χ0) is 14.7. The number of aromatic amines is 1. The van der Waals surface area contributed by atoms with Crippen LogP contribution in [0, 0.1) is 0 Å². The smallest absolute Gasteiger partial charge is 0.354 e. The Labute approximate surface area is 111 Å². The number of nitrogens with zero attached hydrogens (tertiary/aromatic N) is 3. The number of carboxylic acids is 1. The molecule has 0 unspecified atom stereocenters. The average molecular weight is 278 g/mol. The Morgan fingerprint density at radius 3 is 2.85 bits per heavy atom. The molecule has 0 saturated heterocycles. The van der Waals surface area contributed by atoms with Crippen LogP contribution in [-0.2, 0) is 11.3 Å². The monoisotopic (exact) mass is 278 g/mol. The number of nitrogens with two attached hydrogens (primary N) is 1. The van der Waals surface area contributed by atoms with Gasteiger partial charge in [-0.1, -0.05) is 0 Å². The first-order valence-corrected chi connectivity index (χ1v) is 5.36. The summed E-state index contributed by atoms with van der Waals surface area (Å²) in [6, 6.07) is 0. The van der Waals surface area contributed by atoms with Crippen LogP contribution in [0.5, 0.6) is 0 Å². The van der Waals surface area contributed by atoms with Crippen molar-refractivity contribution in [2.75, 3.05) is 5.32 Å². The highest BCUT2D eigenvalue weighted by atomic mass is 16.4. The van der Waals surface area contributed by atoms with Crippen molar-refractivity contribution in [3.63, 3.8) is 0 Å². The number of nitrogens with one attached hydrogen (secondary N) is 2. The van der Waals surface area contributed by atoms with E-state index in [9.17, 15) is 14.4 Å². The number of hydrogen-bond donors (Lipinski definition) is 4. The number of aromatic carboxylic acids is 1. The van der Waals surface area contributed by atoms with E-state index in [1.165, 1.54) is 17.1 Å². The van der Waals surface area contributed by atoms with Crippen molar-refractivity contribution in [1.82, 2.24) is 19.7 Å². The number of primary amides is 1. The second-order valence-electron chi connectivity index (χ2n) is 3.78. The van der Waals surface area contributed by atoms with Gasteiger partial charge in [-0.25, -0.2) is 9.78 Å². The van der Waals surface area contributed by atoms with Gasteiger partial charge in [-0.3, -0.25) is 14.3 Å². The predicted molar refractivity (Wildman–Crippen MR) is 64.9 cm³/mol. The quantitative estimate of drug-likeness (QED) is 0.552. The number of carbonyl (C=O) groups excluding carboxylic acids is 2. The average Bonchev–Trinajstić information content (AvgIpc) is 2.96. The first-order valence-electron chi connectivity index (χ1n) is 5.36. The van der Waals surface area contributed by atoms with Gasteiger partial charge in [0.05, 0.1) is 18.2 Å². The number of hydrogen-bond acceptors (Lipinski definition) is 5. The molecule has 0 aliphatic rings. The van der Waals surface area contributed by atoms with Crippen molar-refractivity contribution in [2.45, 2.75) is 6.54 Å². The molecule has 0 aromatic carbocycles. The molecule has 0 atom stereocenters. The third kappa shape index (κ3) is 2.80. The lowest BCUT2D eigenvalue weighted by atomic mass is 10.3. The predicted octanol–water partition coefficient (Wildman–Crippen LogP) is -0.958. The van der Waals surface area contributed by atoms with Gasteiger partial charge in [0, 0.05) is 6.20 Å². The van der Waals surface area contributed by atoms with Gasteiger partial charge in [-0.15, -0.1) is 0 Å². The summed E-state index contributed by atoms with van der Waals surface area (Å²) in [5.41, 5.74) is 4.72. The minimum absolute atomic E-state index is 0.126. The zero-order valence-electron chi connectivity index (χ0n) is 10.0. The van der Waals surface area contributed by atoms with E-state index in [1.54, 1.807) is 0 Å². The molecule has 104 valence electrons. The van der Waals surface area contributed by atoms with Gasteiger partial charge in [0.15, 0.2) is 11.4 Å². The molecule has 5 N–H and O–H groups in total. The lowest BCUT2D eigenvalue weighted by Crippen LogP contribution is -2.19. The zero-order valence-corrected chi connectivity index (χ0v) is 10.0. The van der Waals surface area contributed by atoms with Crippen LogP contribution in [0.25, 0.3) is 0 Å². The highest BCUT2D eigenvalue weighted by molar-refractivity contribution is 6.08. The third-order valence-corrected chi connectivity index (χ3v) is 2.28. The maximum Gasteiger partial charge on any atom is 0.354 e. The second-order valence-corrected chi connectivity index (χ2v) is 3.78. The van der Waals surface area contributed by atoms with E-state index in [4.69, 9.17) is 10.8 Å². The molecule has 20 heavy (non-hydrogen) atoms. The second kappa shape index (κ2) is 5.22. The van der Waals surface area contributed by atoms with E-state index in [0.717, 1.165) is 6.33 Å². The number of amides is 2. The molecule has 0 aliphatic heterocycles. The highest BCUT2D eigenvalue weighted by Gasteiger charge is 2.20. The van der Waals surface area contributed by atoms with Crippen LogP contribution in [0.4, 0.5) is 5.69 Å². The molecule has 10 heteroatoms. The van der Waals surface area contributed by atoms with Crippen molar-refractivity contribution in [1.29, 1.82) is 0 Å².